The number of rotatable bonds is 6. The maximum absolute atomic E-state index is 12.4. The molecule has 0 radical (unpaired) electrons. The second kappa shape index (κ2) is 8.79. The van der Waals surface area contributed by atoms with E-state index in [0.29, 0.717) is 35.3 Å². The lowest BCUT2D eigenvalue weighted by Gasteiger charge is -2.16. The van der Waals surface area contributed by atoms with Gasteiger partial charge in [-0.15, -0.1) is 0 Å². The van der Waals surface area contributed by atoms with E-state index in [1.807, 2.05) is 54.0 Å². The summed E-state index contributed by atoms with van der Waals surface area (Å²) in [5.74, 6) is 0.160. The van der Waals surface area contributed by atoms with Crippen molar-refractivity contribution in [1.82, 2.24) is 34.4 Å². The standard InChI is InChI=1S/C26H24N8O3/c1-16(21-15-28-23-8-3-4-12-34(21)23)29-25-27-11-9-19(31-25)17-6-5-7-18(30-17)20-14-22(37-32-20)26(36)10-13-33(2)24(26)35/h3-9,11-12,14-16,36H,10,13H2,1-2H3,(H,27,29,31). The molecule has 6 heterocycles. The molecule has 0 spiro atoms. The van der Waals surface area contributed by atoms with Gasteiger partial charge in [-0.05, 0) is 37.3 Å². The number of aliphatic hydroxyl groups is 1. The van der Waals surface area contributed by atoms with Gasteiger partial charge in [0.05, 0.1) is 35.0 Å². The van der Waals surface area contributed by atoms with Crippen molar-refractivity contribution in [3.63, 3.8) is 0 Å². The Labute approximate surface area is 211 Å². The van der Waals surface area contributed by atoms with Crippen LogP contribution in [0.15, 0.2) is 71.6 Å². The summed E-state index contributed by atoms with van der Waals surface area (Å²) >= 11 is 0. The third-order valence-electron chi connectivity index (χ3n) is 6.59. The number of amides is 1. The minimum absolute atomic E-state index is 0.0939. The number of hydrogen-bond acceptors (Lipinski definition) is 9. The van der Waals surface area contributed by atoms with Crippen LogP contribution in [0, 0.1) is 0 Å². The first kappa shape index (κ1) is 22.8. The fourth-order valence-corrected chi connectivity index (χ4v) is 4.50. The predicted molar refractivity (Wildman–Crippen MR) is 134 cm³/mol. The van der Waals surface area contributed by atoms with Gasteiger partial charge in [-0.2, -0.15) is 0 Å². The van der Waals surface area contributed by atoms with E-state index in [-0.39, 0.29) is 18.2 Å². The minimum atomic E-state index is -1.71. The molecule has 11 heteroatoms. The van der Waals surface area contributed by atoms with Gasteiger partial charge in [-0.3, -0.25) is 4.79 Å². The molecule has 1 aliphatic rings. The summed E-state index contributed by atoms with van der Waals surface area (Å²) in [7, 11) is 1.64. The van der Waals surface area contributed by atoms with Crippen LogP contribution in [-0.2, 0) is 10.4 Å². The molecule has 5 aromatic heterocycles. The molecule has 0 aliphatic carbocycles. The van der Waals surface area contributed by atoms with Crippen molar-refractivity contribution in [2.24, 2.45) is 0 Å². The first-order valence-electron chi connectivity index (χ1n) is 11.9. The number of likely N-dealkylation sites (N-methyl/N-ethyl adjacent to an activating group) is 1. The van der Waals surface area contributed by atoms with Crippen LogP contribution in [-0.4, -0.2) is 59.0 Å². The quantitative estimate of drug-likeness (QED) is 0.364. The molecule has 37 heavy (non-hydrogen) atoms. The molecular formula is C26H24N8O3. The van der Waals surface area contributed by atoms with E-state index in [9.17, 15) is 9.90 Å². The molecule has 0 aromatic carbocycles. The second-order valence-corrected chi connectivity index (χ2v) is 9.06. The summed E-state index contributed by atoms with van der Waals surface area (Å²) in [6, 6.07) is 14.6. The first-order valence-corrected chi connectivity index (χ1v) is 11.9. The van der Waals surface area contributed by atoms with Gasteiger partial charge in [-0.25, -0.2) is 19.9 Å². The Morgan fingerprint density at radius 3 is 2.68 bits per heavy atom. The number of carbonyl (C=O) groups excluding carboxylic acids is 1. The van der Waals surface area contributed by atoms with Crippen LogP contribution in [0.25, 0.3) is 28.4 Å². The molecule has 0 bridgehead atoms. The molecular weight excluding hydrogens is 472 g/mol. The fraction of sp³-hybridized carbons (Fsp3) is 0.231. The minimum Gasteiger partial charge on any atom is -0.373 e. The number of imidazole rings is 1. The molecule has 6 rings (SSSR count). The summed E-state index contributed by atoms with van der Waals surface area (Å²) in [5.41, 5.74) is 2.34. The highest BCUT2D eigenvalue weighted by atomic mass is 16.5. The predicted octanol–water partition coefficient (Wildman–Crippen LogP) is 3.06. The Bertz CT molecular complexity index is 1610. The van der Waals surface area contributed by atoms with E-state index in [4.69, 9.17) is 4.52 Å². The molecule has 2 N–H and O–H groups in total. The van der Waals surface area contributed by atoms with Crippen molar-refractivity contribution in [1.29, 1.82) is 0 Å². The monoisotopic (exact) mass is 496 g/mol. The van der Waals surface area contributed by atoms with Crippen LogP contribution in [0.3, 0.4) is 0 Å². The number of likely N-dealkylation sites (tertiary alicyclic amines) is 1. The maximum atomic E-state index is 12.4. The number of nitrogens with one attached hydrogen (secondary N) is 1. The third kappa shape index (κ3) is 3.99. The Hall–Kier alpha value is -4.64. The average Bonchev–Trinajstić information content (AvgIpc) is 3.65. The van der Waals surface area contributed by atoms with Gasteiger partial charge in [0.2, 0.25) is 11.5 Å². The Balaban J connectivity index is 1.25. The molecule has 2 atom stereocenters. The molecule has 1 fully saturated rings. The van der Waals surface area contributed by atoms with Crippen LogP contribution in [0.1, 0.15) is 30.8 Å². The summed E-state index contributed by atoms with van der Waals surface area (Å²) in [4.78, 5) is 32.0. The highest BCUT2D eigenvalue weighted by Gasteiger charge is 2.48. The Morgan fingerprint density at radius 1 is 1.05 bits per heavy atom. The van der Waals surface area contributed by atoms with Crippen LogP contribution in [0.4, 0.5) is 5.95 Å². The van der Waals surface area contributed by atoms with Crippen LogP contribution in [0.5, 0.6) is 0 Å². The molecule has 1 amide bonds. The van der Waals surface area contributed by atoms with E-state index in [1.165, 1.54) is 4.90 Å². The molecule has 1 saturated heterocycles. The van der Waals surface area contributed by atoms with Gasteiger partial charge in [0.15, 0.2) is 5.76 Å². The number of anilines is 1. The lowest BCUT2D eigenvalue weighted by atomic mass is 9.98. The molecule has 0 saturated carbocycles. The van der Waals surface area contributed by atoms with E-state index >= 15 is 0 Å². The van der Waals surface area contributed by atoms with E-state index < -0.39 is 11.5 Å². The summed E-state index contributed by atoms with van der Waals surface area (Å²) in [6.07, 6.45) is 5.72. The lowest BCUT2D eigenvalue weighted by Crippen LogP contribution is -2.35. The highest BCUT2D eigenvalue weighted by Crippen LogP contribution is 2.34. The van der Waals surface area contributed by atoms with Crippen molar-refractivity contribution >= 4 is 17.5 Å². The van der Waals surface area contributed by atoms with Gasteiger partial charge in [0.1, 0.15) is 11.3 Å². The zero-order valence-corrected chi connectivity index (χ0v) is 20.2. The van der Waals surface area contributed by atoms with Crippen LogP contribution in [0.2, 0.25) is 0 Å². The zero-order chi connectivity index (χ0) is 25.6. The molecule has 1 aliphatic heterocycles. The number of nitrogens with zero attached hydrogens (tertiary/aromatic N) is 7. The SMILES string of the molecule is CC(Nc1nccc(-c2cccc(-c3cc(C4(O)CCN(C)C4=O)on3)n2)n1)c1cnc2ccccn12. The van der Waals surface area contributed by atoms with Gasteiger partial charge in [0.25, 0.3) is 5.91 Å². The van der Waals surface area contributed by atoms with Gasteiger partial charge in [-0.1, -0.05) is 17.3 Å². The largest absolute Gasteiger partial charge is 0.373 e. The van der Waals surface area contributed by atoms with Crippen molar-refractivity contribution < 1.29 is 14.4 Å². The maximum Gasteiger partial charge on any atom is 0.262 e. The van der Waals surface area contributed by atoms with Gasteiger partial charge < -0.3 is 24.2 Å². The smallest absolute Gasteiger partial charge is 0.262 e. The number of aromatic nitrogens is 6. The first-order chi connectivity index (χ1) is 17.9. The van der Waals surface area contributed by atoms with E-state index in [1.54, 1.807) is 31.4 Å². The number of carbonyl (C=O) groups is 1. The van der Waals surface area contributed by atoms with E-state index in [0.717, 1.165) is 11.3 Å². The van der Waals surface area contributed by atoms with Gasteiger partial charge >= 0.3 is 0 Å². The number of pyridine rings is 2. The van der Waals surface area contributed by atoms with Crippen molar-refractivity contribution in [3.05, 3.63) is 78.6 Å². The number of fused-ring (bicyclic) bond motifs is 1. The molecule has 11 nitrogen and oxygen atoms in total. The average molecular weight is 497 g/mol. The second-order valence-electron chi connectivity index (χ2n) is 9.06. The molecule has 2 unspecified atom stereocenters. The lowest BCUT2D eigenvalue weighted by molar-refractivity contribution is -0.144. The Morgan fingerprint density at radius 2 is 1.86 bits per heavy atom. The van der Waals surface area contributed by atoms with Crippen LogP contribution < -0.4 is 5.32 Å². The molecule has 5 aromatic rings. The fourth-order valence-electron chi connectivity index (χ4n) is 4.50. The van der Waals surface area contributed by atoms with Gasteiger partial charge in [0, 0.05) is 38.5 Å². The van der Waals surface area contributed by atoms with Crippen molar-refractivity contribution in [2.45, 2.75) is 25.0 Å². The molecule has 186 valence electrons. The van der Waals surface area contributed by atoms with Crippen molar-refractivity contribution in [3.8, 4) is 22.8 Å². The normalized spacial score (nSPS) is 18.5. The van der Waals surface area contributed by atoms with Crippen LogP contribution >= 0.6 is 0 Å². The topological polar surface area (TPSA) is 135 Å². The third-order valence-corrected chi connectivity index (χ3v) is 6.59. The Kier molecular flexibility index (Phi) is 5.41. The van der Waals surface area contributed by atoms with E-state index in [2.05, 4.69) is 30.4 Å². The summed E-state index contributed by atoms with van der Waals surface area (Å²) in [5, 5.41) is 18.2. The summed E-state index contributed by atoms with van der Waals surface area (Å²) in [6.45, 7) is 2.47. The zero-order valence-electron chi connectivity index (χ0n) is 20.2. The van der Waals surface area contributed by atoms with Crippen molar-refractivity contribution in [2.75, 3.05) is 18.9 Å². The summed E-state index contributed by atoms with van der Waals surface area (Å²) < 4.78 is 7.39. The number of hydrogen-bond donors (Lipinski definition) is 2. The highest BCUT2D eigenvalue weighted by molar-refractivity contribution is 5.87.